The van der Waals surface area contributed by atoms with Gasteiger partial charge in [-0.15, -0.1) is 0 Å². The van der Waals surface area contributed by atoms with Gasteiger partial charge in [0.25, 0.3) is 17.7 Å². The summed E-state index contributed by atoms with van der Waals surface area (Å²) in [5, 5.41) is 0. The topological polar surface area (TPSA) is 70.1 Å². The van der Waals surface area contributed by atoms with Crippen LogP contribution >= 0.6 is 0 Å². The molecule has 30 heavy (non-hydrogen) atoms. The molecule has 6 heteroatoms. The van der Waals surface area contributed by atoms with Gasteiger partial charge in [-0.1, -0.05) is 42.5 Å². The van der Waals surface area contributed by atoms with Crippen LogP contribution in [0.15, 0.2) is 77.8 Å². The first-order valence-electron chi connectivity index (χ1n) is 9.55. The fraction of sp³-hybridized carbons (Fsp3) is 0.0833. The Bertz CT molecular complexity index is 1250. The average molecular weight is 395 g/mol. The van der Waals surface area contributed by atoms with E-state index in [4.69, 9.17) is 0 Å². The number of nitrogens with zero attached hydrogens (tertiary/aromatic N) is 3. The standard InChI is InChI=1S/C24H17N3O3/c1-26-22(28)17-12-11-15(13-19(17)23(26)29)14-25-21-18-9-5-6-10-20(18)27(24(21)30)16-7-3-2-4-8-16/h2-13H,14H2,1H3/b25-21-. The molecular formula is C24H17N3O3. The van der Waals surface area contributed by atoms with Crippen LogP contribution in [0, 0.1) is 0 Å². The summed E-state index contributed by atoms with van der Waals surface area (Å²) < 4.78 is 0. The maximum absolute atomic E-state index is 13.2. The minimum atomic E-state index is -0.318. The highest BCUT2D eigenvalue weighted by Gasteiger charge is 2.35. The third-order valence-electron chi connectivity index (χ3n) is 5.39. The summed E-state index contributed by atoms with van der Waals surface area (Å²) in [5.41, 5.74) is 4.28. The molecule has 3 aromatic carbocycles. The SMILES string of the molecule is CN1C(=O)c2ccc(C/N=C3\C(=O)N(c4ccccc4)c4ccccc43)cc2C1=O. The van der Waals surface area contributed by atoms with Gasteiger partial charge in [-0.05, 0) is 35.9 Å². The van der Waals surface area contributed by atoms with Crippen molar-refractivity contribution in [3.05, 3.63) is 95.1 Å². The number of imide groups is 1. The van der Waals surface area contributed by atoms with E-state index in [0.29, 0.717) is 16.8 Å². The molecule has 0 aromatic heterocycles. The maximum atomic E-state index is 13.2. The van der Waals surface area contributed by atoms with Crippen LogP contribution in [0.2, 0.25) is 0 Å². The Kier molecular flexibility index (Phi) is 4.06. The van der Waals surface area contributed by atoms with Crippen molar-refractivity contribution in [1.29, 1.82) is 0 Å². The highest BCUT2D eigenvalue weighted by atomic mass is 16.2. The number of carbonyl (C=O) groups is 3. The molecule has 6 nitrogen and oxygen atoms in total. The zero-order chi connectivity index (χ0) is 20.8. The molecule has 0 unspecified atom stereocenters. The van der Waals surface area contributed by atoms with Crippen LogP contribution in [0.25, 0.3) is 0 Å². The monoisotopic (exact) mass is 395 g/mol. The highest BCUT2D eigenvalue weighted by Crippen LogP contribution is 2.35. The lowest BCUT2D eigenvalue weighted by Gasteiger charge is -2.16. The lowest BCUT2D eigenvalue weighted by Crippen LogP contribution is -2.25. The van der Waals surface area contributed by atoms with Gasteiger partial charge < -0.3 is 0 Å². The number of hydrogen-bond donors (Lipinski definition) is 0. The minimum Gasteiger partial charge on any atom is -0.277 e. The first-order valence-corrected chi connectivity index (χ1v) is 9.55. The van der Waals surface area contributed by atoms with Crippen molar-refractivity contribution >= 4 is 34.8 Å². The van der Waals surface area contributed by atoms with Gasteiger partial charge in [0.1, 0.15) is 5.71 Å². The Hall–Kier alpha value is -4.06. The van der Waals surface area contributed by atoms with Gasteiger partial charge >= 0.3 is 0 Å². The molecule has 0 saturated carbocycles. The van der Waals surface area contributed by atoms with E-state index in [2.05, 4.69) is 4.99 Å². The Balaban J connectivity index is 1.50. The van der Waals surface area contributed by atoms with Crippen LogP contribution in [0.3, 0.4) is 0 Å². The smallest absolute Gasteiger partial charge is 0.277 e. The second kappa shape index (κ2) is 6.77. The molecule has 146 valence electrons. The molecule has 3 aromatic rings. The molecule has 0 atom stereocenters. The van der Waals surface area contributed by atoms with E-state index in [0.717, 1.165) is 27.4 Å². The number of benzene rings is 3. The number of hydrogen-bond acceptors (Lipinski definition) is 4. The van der Waals surface area contributed by atoms with E-state index in [1.54, 1.807) is 23.1 Å². The van der Waals surface area contributed by atoms with Crippen LogP contribution in [0.1, 0.15) is 31.8 Å². The lowest BCUT2D eigenvalue weighted by molar-refractivity contribution is -0.111. The molecule has 3 amide bonds. The summed E-state index contributed by atoms with van der Waals surface area (Å²) in [6.45, 7) is 0.233. The number of carbonyl (C=O) groups excluding carboxylic acids is 3. The Morgan fingerprint density at radius 3 is 2.23 bits per heavy atom. The quantitative estimate of drug-likeness (QED) is 0.637. The maximum Gasteiger partial charge on any atom is 0.281 e. The largest absolute Gasteiger partial charge is 0.281 e. The van der Waals surface area contributed by atoms with Gasteiger partial charge in [-0.2, -0.15) is 0 Å². The molecule has 2 aliphatic heterocycles. The van der Waals surface area contributed by atoms with Crippen molar-refractivity contribution in [2.75, 3.05) is 11.9 Å². The molecule has 5 rings (SSSR count). The number of para-hydroxylation sites is 2. The van der Waals surface area contributed by atoms with Crippen molar-refractivity contribution in [1.82, 2.24) is 4.90 Å². The first-order chi connectivity index (χ1) is 14.6. The molecule has 0 spiro atoms. The molecule has 0 N–H and O–H groups in total. The molecule has 0 bridgehead atoms. The zero-order valence-corrected chi connectivity index (χ0v) is 16.2. The first kappa shape index (κ1) is 18.0. The molecule has 0 aliphatic carbocycles. The third-order valence-corrected chi connectivity index (χ3v) is 5.39. The van der Waals surface area contributed by atoms with Gasteiger partial charge in [0, 0.05) is 18.3 Å². The van der Waals surface area contributed by atoms with E-state index in [1.807, 2.05) is 54.6 Å². The van der Waals surface area contributed by atoms with E-state index in [9.17, 15) is 14.4 Å². The van der Waals surface area contributed by atoms with E-state index in [-0.39, 0.29) is 24.3 Å². The predicted octanol–water partition coefficient (Wildman–Crippen LogP) is 3.58. The summed E-state index contributed by atoms with van der Waals surface area (Å²) in [6.07, 6.45) is 0. The van der Waals surface area contributed by atoms with Crippen molar-refractivity contribution in [2.24, 2.45) is 4.99 Å². The van der Waals surface area contributed by atoms with Crippen LogP contribution < -0.4 is 4.90 Å². The molecule has 0 saturated heterocycles. The minimum absolute atomic E-state index is 0.186. The van der Waals surface area contributed by atoms with Gasteiger partial charge in [-0.25, -0.2) is 0 Å². The van der Waals surface area contributed by atoms with Crippen LogP contribution in [0.4, 0.5) is 11.4 Å². The molecule has 0 fully saturated rings. The third kappa shape index (κ3) is 2.65. The highest BCUT2D eigenvalue weighted by molar-refractivity contribution is 6.55. The molecule has 2 heterocycles. The fourth-order valence-corrected chi connectivity index (χ4v) is 3.86. The van der Waals surface area contributed by atoms with Gasteiger partial charge in [-0.3, -0.25) is 29.2 Å². The summed E-state index contributed by atoms with van der Waals surface area (Å²) in [7, 11) is 1.47. The Morgan fingerprint density at radius 1 is 0.733 bits per heavy atom. The van der Waals surface area contributed by atoms with E-state index < -0.39 is 0 Å². The van der Waals surface area contributed by atoms with Gasteiger partial charge in [0.15, 0.2) is 0 Å². The summed E-state index contributed by atoms with van der Waals surface area (Å²) >= 11 is 0. The normalized spacial score (nSPS) is 16.4. The van der Waals surface area contributed by atoms with Crippen LogP contribution in [0.5, 0.6) is 0 Å². The number of amides is 3. The Labute approximate surface area is 173 Å². The fourth-order valence-electron chi connectivity index (χ4n) is 3.86. The van der Waals surface area contributed by atoms with E-state index in [1.165, 1.54) is 7.05 Å². The molecule has 0 radical (unpaired) electrons. The van der Waals surface area contributed by atoms with E-state index >= 15 is 0 Å². The summed E-state index contributed by atoms with van der Waals surface area (Å²) in [5.74, 6) is -0.803. The molecular weight excluding hydrogens is 378 g/mol. The lowest BCUT2D eigenvalue weighted by atomic mass is 10.1. The van der Waals surface area contributed by atoms with Crippen LogP contribution in [-0.2, 0) is 11.3 Å². The van der Waals surface area contributed by atoms with Crippen molar-refractivity contribution < 1.29 is 14.4 Å². The average Bonchev–Trinajstić information content (AvgIpc) is 3.18. The zero-order valence-electron chi connectivity index (χ0n) is 16.2. The second-order valence-electron chi connectivity index (χ2n) is 7.21. The second-order valence-corrected chi connectivity index (χ2v) is 7.21. The van der Waals surface area contributed by atoms with Crippen molar-refractivity contribution in [3.63, 3.8) is 0 Å². The van der Waals surface area contributed by atoms with Crippen LogP contribution in [-0.4, -0.2) is 35.4 Å². The number of aliphatic imine (C=N–C) groups is 1. The number of rotatable bonds is 3. The summed E-state index contributed by atoms with van der Waals surface area (Å²) in [6, 6.07) is 22.1. The van der Waals surface area contributed by atoms with Crippen molar-refractivity contribution in [3.8, 4) is 0 Å². The van der Waals surface area contributed by atoms with Gasteiger partial charge in [0.2, 0.25) is 0 Å². The van der Waals surface area contributed by atoms with Crippen molar-refractivity contribution in [2.45, 2.75) is 6.54 Å². The van der Waals surface area contributed by atoms with Gasteiger partial charge in [0.05, 0.1) is 23.4 Å². The molecule has 2 aliphatic rings. The predicted molar refractivity (Wildman–Crippen MR) is 113 cm³/mol. The number of fused-ring (bicyclic) bond motifs is 2. The summed E-state index contributed by atoms with van der Waals surface area (Å²) in [4.78, 5) is 44.9. The number of anilines is 2. The Morgan fingerprint density at radius 2 is 1.43 bits per heavy atom.